The van der Waals surface area contributed by atoms with Crippen LogP contribution in [0.5, 0.6) is 0 Å². The van der Waals surface area contributed by atoms with Crippen LogP contribution in [0.1, 0.15) is 0 Å². The monoisotopic (exact) mass is 344 g/mol. The van der Waals surface area contributed by atoms with Crippen LogP contribution >= 0.6 is 0 Å². The molecule has 1 saturated heterocycles. The summed E-state index contributed by atoms with van der Waals surface area (Å²) in [6.07, 6.45) is 1.57. The summed E-state index contributed by atoms with van der Waals surface area (Å²) in [4.78, 5) is 35.2. The number of non-ortho nitro benzene ring substituents is 1. The first-order chi connectivity index (χ1) is 11.9. The number of nitro benzene ring substituents is 1. The molecule has 0 aliphatic carbocycles. The minimum atomic E-state index is -1.23. The van der Waals surface area contributed by atoms with Gasteiger partial charge in [0, 0.05) is 18.3 Å². The number of carbonyl (C=O) groups excluding carboxylic acids is 2. The van der Waals surface area contributed by atoms with Crippen molar-refractivity contribution in [3.05, 3.63) is 46.6 Å². The van der Waals surface area contributed by atoms with Gasteiger partial charge in [0.05, 0.1) is 23.7 Å². The van der Waals surface area contributed by atoms with Crippen molar-refractivity contribution in [3.63, 3.8) is 0 Å². The molecular weight excluding hydrogens is 331 g/mol. The summed E-state index contributed by atoms with van der Waals surface area (Å²) >= 11 is 0. The van der Waals surface area contributed by atoms with Crippen molar-refractivity contribution in [2.75, 3.05) is 20.1 Å². The first-order valence-corrected chi connectivity index (χ1v) is 7.30. The van der Waals surface area contributed by atoms with Crippen molar-refractivity contribution in [2.24, 2.45) is 0 Å². The van der Waals surface area contributed by atoms with Gasteiger partial charge in [-0.2, -0.15) is 5.10 Å². The third-order valence-corrected chi connectivity index (χ3v) is 3.45. The van der Waals surface area contributed by atoms with E-state index in [1.807, 2.05) is 0 Å². The van der Waals surface area contributed by atoms with E-state index in [-0.39, 0.29) is 24.4 Å². The lowest BCUT2D eigenvalue weighted by Crippen LogP contribution is -2.48. The highest BCUT2D eigenvalue weighted by Crippen LogP contribution is 2.14. The van der Waals surface area contributed by atoms with E-state index in [1.165, 1.54) is 39.9 Å². The van der Waals surface area contributed by atoms with Crippen LogP contribution in [0.15, 0.2) is 36.5 Å². The number of hydrogen-bond donors (Lipinski definition) is 0. The molecule has 11 heteroatoms. The quantitative estimate of drug-likeness (QED) is 0.416. The molecule has 0 saturated carbocycles. The highest BCUT2D eigenvalue weighted by molar-refractivity contribution is 6.63. The molecule has 128 valence electrons. The third kappa shape index (κ3) is 3.83. The second-order valence-corrected chi connectivity index (χ2v) is 5.44. The Morgan fingerprint density at radius 1 is 1.12 bits per heavy atom. The van der Waals surface area contributed by atoms with Gasteiger partial charge in [0.1, 0.15) is 5.59 Å². The van der Waals surface area contributed by atoms with Crippen molar-refractivity contribution in [2.45, 2.75) is 0 Å². The van der Waals surface area contributed by atoms with E-state index in [4.69, 9.17) is 9.31 Å². The number of benzene rings is 1. The van der Waals surface area contributed by atoms with E-state index in [0.29, 0.717) is 5.69 Å². The molecule has 0 unspecified atom stereocenters. The van der Waals surface area contributed by atoms with Crippen molar-refractivity contribution in [3.8, 4) is 5.69 Å². The van der Waals surface area contributed by atoms with E-state index >= 15 is 0 Å². The summed E-state index contributed by atoms with van der Waals surface area (Å²) in [7, 11) is 0.375. The van der Waals surface area contributed by atoms with Crippen LogP contribution in [-0.2, 0) is 18.9 Å². The maximum atomic E-state index is 11.8. The predicted octanol–water partition coefficient (Wildman–Crippen LogP) is -0.493. The van der Waals surface area contributed by atoms with Crippen LogP contribution < -0.4 is 5.59 Å². The van der Waals surface area contributed by atoms with Crippen LogP contribution in [0.2, 0.25) is 0 Å². The Kier molecular flexibility index (Phi) is 4.48. The molecule has 2 heterocycles. The molecule has 25 heavy (non-hydrogen) atoms. The predicted molar refractivity (Wildman–Crippen MR) is 85.3 cm³/mol. The molecule has 3 rings (SSSR count). The molecule has 10 nitrogen and oxygen atoms in total. The molecule has 1 aromatic carbocycles. The fourth-order valence-corrected chi connectivity index (χ4v) is 2.29. The van der Waals surface area contributed by atoms with Crippen molar-refractivity contribution in [1.82, 2.24) is 14.7 Å². The number of nitro groups is 1. The van der Waals surface area contributed by atoms with Gasteiger partial charge < -0.3 is 9.31 Å². The molecule has 0 N–H and O–H groups in total. The Labute approximate surface area is 142 Å². The van der Waals surface area contributed by atoms with Gasteiger partial charge in [-0.1, -0.05) is 0 Å². The average molecular weight is 344 g/mol. The first-order valence-electron chi connectivity index (χ1n) is 7.30. The topological polar surface area (TPSA) is 117 Å². The number of nitrogens with zero attached hydrogens (tertiary/aromatic N) is 4. The van der Waals surface area contributed by atoms with Crippen molar-refractivity contribution >= 4 is 30.3 Å². The Bertz CT molecular complexity index is 801. The van der Waals surface area contributed by atoms with Gasteiger partial charge in [-0.3, -0.25) is 24.6 Å². The molecule has 0 atom stereocenters. The Balaban J connectivity index is 1.81. The van der Waals surface area contributed by atoms with Crippen LogP contribution in [0.3, 0.4) is 0 Å². The summed E-state index contributed by atoms with van der Waals surface area (Å²) in [6, 6.07) is 7.29. The summed E-state index contributed by atoms with van der Waals surface area (Å²) < 4.78 is 11.7. The van der Waals surface area contributed by atoms with E-state index < -0.39 is 24.0 Å². The SMILES string of the molecule is CN1CC(=O)OB(c2ccn(-c3ccc([N+](=O)[O-])cc3)n2)OC(=O)C1. The van der Waals surface area contributed by atoms with Gasteiger partial charge >= 0.3 is 19.1 Å². The normalized spacial score (nSPS) is 16.0. The summed E-state index contributed by atoms with van der Waals surface area (Å²) in [5.74, 6) is -1.07. The Morgan fingerprint density at radius 2 is 1.72 bits per heavy atom. The molecule has 1 aromatic heterocycles. The fraction of sp³-hybridized carbons (Fsp3) is 0.214. The van der Waals surface area contributed by atoms with Gasteiger partial charge in [0.15, 0.2) is 0 Å². The lowest BCUT2D eigenvalue weighted by Gasteiger charge is -2.21. The first kappa shape index (κ1) is 16.6. The number of aromatic nitrogens is 2. The minimum absolute atomic E-state index is 0.0331. The maximum absolute atomic E-state index is 11.8. The number of likely N-dealkylation sites (N-methyl/N-ethyl adjacent to an activating group) is 1. The zero-order chi connectivity index (χ0) is 18.0. The highest BCUT2D eigenvalue weighted by atomic mass is 16.6. The van der Waals surface area contributed by atoms with Crippen LogP contribution in [-0.4, -0.2) is 58.8 Å². The van der Waals surface area contributed by atoms with Gasteiger partial charge in [-0.25, -0.2) is 4.68 Å². The van der Waals surface area contributed by atoms with Crippen molar-refractivity contribution in [1.29, 1.82) is 0 Å². The van der Waals surface area contributed by atoms with Crippen LogP contribution in [0, 0.1) is 10.1 Å². The molecule has 1 fully saturated rings. The summed E-state index contributed by atoms with van der Waals surface area (Å²) in [5, 5.41) is 14.9. The average Bonchev–Trinajstić information content (AvgIpc) is 3.02. The number of carbonyl (C=O) groups is 2. The van der Waals surface area contributed by atoms with E-state index in [0.717, 1.165) is 0 Å². The van der Waals surface area contributed by atoms with Crippen LogP contribution in [0.4, 0.5) is 5.69 Å². The third-order valence-electron chi connectivity index (χ3n) is 3.45. The van der Waals surface area contributed by atoms with Gasteiger partial charge in [0.2, 0.25) is 0 Å². The standard InChI is InChI=1S/C14H13BN4O6/c1-17-8-13(20)24-15(25-14(21)9-17)12-6-7-18(16-12)10-2-4-11(5-3-10)19(22)23/h2-7H,8-9H2,1H3. The highest BCUT2D eigenvalue weighted by Gasteiger charge is 2.36. The lowest BCUT2D eigenvalue weighted by molar-refractivity contribution is -0.384. The zero-order valence-electron chi connectivity index (χ0n) is 13.2. The van der Waals surface area contributed by atoms with Gasteiger partial charge in [-0.05, 0) is 25.2 Å². The second kappa shape index (κ2) is 6.73. The molecule has 0 spiro atoms. The molecule has 2 aromatic rings. The fourth-order valence-electron chi connectivity index (χ4n) is 2.29. The zero-order valence-corrected chi connectivity index (χ0v) is 13.2. The molecular formula is C14H13BN4O6. The minimum Gasteiger partial charge on any atom is -0.493 e. The number of rotatable bonds is 3. The summed E-state index contributed by atoms with van der Waals surface area (Å²) in [5.41, 5.74) is 0.771. The Hall–Kier alpha value is -3.21. The molecule has 0 amide bonds. The van der Waals surface area contributed by atoms with Crippen molar-refractivity contribution < 1.29 is 23.8 Å². The maximum Gasteiger partial charge on any atom is 0.658 e. The van der Waals surface area contributed by atoms with Gasteiger partial charge in [0.25, 0.3) is 5.69 Å². The van der Waals surface area contributed by atoms with E-state index in [9.17, 15) is 19.7 Å². The smallest absolute Gasteiger partial charge is 0.493 e. The molecule has 0 radical (unpaired) electrons. The van der Waals surface area contributed by atoms with Crippen LogP contribution in [0.25, 0.3) is 5.69 Å². The molecule has 1 aliphatic rings. The largest absolute Gasteiger partial charge is 0.658 e. The summed E-state index contributed by atoms with van der Waals surface area (Å²) in [6.45, 7) is -0.0661. The van der Waals surface area contributed by atoms with Gasteiger partial charge in [-0.15, -0.1) is 0 Å². The number of hydrogen-bond acceptors (Lipinski definition) is 8. The molecule has 0 bridgehead atoms. The van der Waals surface area contributed by atoms with E-state index in [1.54, 1.807) is 13.2 Å². The van der Waals surface area contributed by atoms with E-state index in [2.05, 4.69) is 5.10 Å². The lowest BCUT2D eigenvalue weighted by atomic mass is 9.84. The Morgan fingerprint density at radius 3 is 2.28 bits per heavy atom. The molecule has 1 aliphatic heterocycles. The second-order valence-electron chi connectivity index (χ2n) is 5.44.